The van der Waals surface area contributed by atoms with Gasteiger partial charge in [0.05, 0.1) is 6.10 Å². The minimum atomic E-state index is -0.334. The smallest absolute Gasteiger partial charge is 0.169 e. The molecule has 0 amide bonds. The first kappa shape index (κ1) is 11.1. The largest absolute Gasteiger partial charge is 0.458 e. The van der Waals surface area contributed by atoms with E-state index < -0.39 is 0 Å². The molecule has 16 heavy (non-hydrogen) atoms. The summed E-state index contributed by atoms with van der Waals surface area (Å²) in [5.74, 6) is 0.396. The first-order chi connectivity index (χ1) is 7.70. The van der Waals surface area contributed by atoms with Crippen LogP contribution in [0.3, 0.4) is 0 Å². The number of fused-ring (bicyclic) bond motifs is 1. The minimum Gasteiger partial charge on any atom is -0.458 e. The maximum absolute atomic E-state index is 13.3. The highest BCUT2D eigenvalue weighted by Gasteiger charge is 2.09. The number of furan rings is 1. The molecule has 0 bridgehead atoms. The van der Waals surface area contributed by atoms with Gasteiger partial charge in [-0.25, -0.2) is 4.39 Å². The Labute approximate surface area is 93.7 Å². The van der Waals surface area contributed by atoms with Crippen LogP contribution in [-0.4, -0.2) is 11.2 Å². The predicted molar refractivity (Wildman–Crippen MR) is 60.8 cm³/mol. The van der Waals surface area contributed by atoms with E-state index in [0.29, 0.717) is 18.4 Å². The molecular weight excluding hydrogens is 207 g/mol. The SMILES string of the molecule is CCC(O)CCc1cc2cccc(F)c2o1. The predicted octanol–water partition coefficient (Wildman–Crippen LogP) is 3.28. The molecule has 0 spiro atoms. The van der Waals surface area contributed by atoms with E-state index in [1.807, 2.05) is 19.1 Å². The van der Waals surface area contributed by atoms with Gasteiger partial charge in [0.25, 0.3) is 0 Å². The van der Waals surface area contributed by atoms with Crippen LogP contribution in [0.1, 0.15) is 25.5 Å². The molecule has 1 atom stereocenters. The second kappa shape index (κ2) is 4.66. The zero-order valence-electron chi connectivity index (χ0n) is 9.24. The quantitative estimate of drug-likeness (QED) is 0.861. The molecular formula is C13H15FO2. The Morgan fingerprint density at radius 3 is 2.94 bits per heavy atom. The van der Waals surface area contributed by atoms with Gasteiger partial charge in [-0.05, 0) is 25.0 Å². The molecule has 2 aromatic rings. The number of aliphatic hydroxyl groups is 1. The van der Waals surface area contributed by atoms with Gasteiger partial charge >= 0.3 is 0 Å². The van der Waals surface area contributed by atoms with Crippen LogP contribution in [0.4, 0.5) is 4.39 Å². The van der Waals surface area contributed by atoms with Crippen LogP contribution in [0.15, 0.2) is 28.7 Å². The maximum atomic E-state index is 13.3. The number of hydrogen-bond donors (Lipinski definition) is 1. The first-order valence-corrected chi connectivity index (χ1v) is 5.55. The zero-order valence-corrected chi connectivity index (χ0v) is 9.24. The summed E-state index contributed by atoms with van der Waals surface area (Å²) in [5, 5.41) is 10.2. The van der Waals surface area contributed by atoms with Crippen molar-refractivity contribution in [2.45, 2.75) is 32.3 Å². The summed E-state index contributed by atoms with van der Waals surface area (Å²) in [4.78, 5) is 0. The lowest BCUT2D eigenvalue weighted by Gasteiger charge is -2.04. The van der Waals surface area contributed by atoms with Crippen LogP contribution in [0.25, 0.3) is 11.0 Å². The van der Waals surface area contributed by atoms with Crippen molar-refractivity contribution in [3.8, 4) is 0 Å². The normalized spacial score (nSPS) is 13.2. The number of rotatable bonds is 4. The Balaban J connectivity index is 2.17. The Hall–Kier alpha value is -1.35. The van der Waals surface area contributed by atoms with Gasteiger partial charge in [-0.2, -0.15) is 0 Å². The molecule has 3 heteroatoms. The molecule has 1 aromatic heterocycles. The van der Waals surface area contributed by atoms with Crippen molar-refractivity contribution in [1.29, 1.82) is 0 Å². The van der Waals surface area contributed by atoms with E-state index in [2.05, 4.69) is 0 Å². The second-order valence-corrected chi connectivity index (χ2v) is 3.97. The van der Waals surface area contributed by atoms with Crippen molar-refractivity contribution in [1.82, 2.24) is 0 Å². The summed E-state index contributed by atoms with van der Waals surface area (Å²) in [5.41, 5.74) is 0.309. The molecule has 1 heterocycles. The lowest BCUT2D eigenvalue weighted by molar-refractivity contribution is 0.158. The van der Waals surface area contributed by atoms with Gasteiger partial charge < -0.3 is 9.52 Å². The fraction of sp³-hybridized carbons (Fsp3) is 0.385. The van der Waals surface area contributed by atoms with Crippen molar-refractivity contribution in [3.63, 3.8) is 0 Å². The molecule has 0 radical (unpaired) electrons. The van der Waals surface area contributed by atoms with Gasteiger partial charge in [-0.1, -0.05) is 19.1 Å². The number of hydrogen-bond acceptors (Lipinski definition) is 2. The van der Waals surface area contributed by atoms with E-state index in [9.17, 15) is 9.50 Å². The highest BCUT2D eigenvalue weighted by Crippen LogP contribution is 2.23. The highest BCUT2D eigenvalue weighted by molar-refractivity contribution is 5.78. The molecule has 2 nitrogen and oxygen atoms in total. The number of benzene rings is 1. The van der Waals surface area contributed by atoms with Crippen molar-refractivity contribution >= 4 is 11.0 Å². The minimum absolute atomic E-state index is 0.307. The average molecular weight is 222 g/mol. The Morgan fingerprint density at radius 1 is 1.44 bits per heavy atom. The van der Waals surface area contributed by atoms with Crippen LogP contribution in [-0.2, 0) is 6.42 Å². The number of para-hydroxylation sites is 1. The van der Waals surface area contributed by atoms with Gasteiger partial charge in [0, 0.05) is 11.8 Å². The summed E-state index contributed by atoms with van der Waals surface area (Å²) in [6, 6.07) is 6.71. The average Bonchev–Trinajstić information content (AvgIpc) is 2.70. The molecule has 0 aliphatic carbocycles. The van der Waals surface area contributed by atoms with E-state index in [-0.39, 0.29) is 11.9 Å². The third kappa shape index (κ3) is 2.25. The lowest BCUT2D eigenvalue weighted by Crippen LogP contribution is -2.05. The molecule has 86 valence electrons. The Kier molecular flexibility index (Phi) is 3.25. The van der Waals surface area contributed by atoms with Gasteiger partial charge in [0.15, 0.2) is 11.4 Å². The molecule has 0 fully saturated rings. The van der Waals surface area contributed by atoms with Crippen molar-refractivity contribution in [2.75, 3.05) is 0 Å². The van der Waals surface area contributed by atoms with Crippen LogP contribution in [0.2, 0.25) is 0 Å². The van der Waals surface area contributed by atoms with E-state index in [0.717, 1.165) is 17.6 Å². The third-order valence-electron chi connectivity index (χ3n) is 2.74. The summed E-state index contributed by atoms with van der Waals surface area (Å²) >= 11 is 0. The monoisotopic (exact) mass is 222 g/mol. The molecule has 1 N–H and O–H groups in total. The molecule has 1 aromatic carbocycles. The van der Waals surface area contributed by atoms with E-state index in [1.54, 1.807) is 6.07 Å². The summed E-state index contributed by atoms with van der Waals surface area (Å²) in [7, 11) is 0. The van der Waals surface area contributed by atoms with Gasteiger partial charge in [0.2, 0.25) is 0 Å². The summed E-state index contributed by atoms with van der Waals surface area (Å²) < 4.78 is 18.7. The van der Waals surface area contributed by atoms with Gasteiger partial charge in [-0.3, -0.25) is 0 Å². The topological polar surface area (TPSA) is 33.4 Å². The van der Waals surface area contributed by atoms with Crippen LogP contribution >= 0.6 is 0 Å². The van der Waals surface area contributed by atoms with E-state index in [1.165, 1.54) is 6.07 Å². The first-order valence-electron chi connectivity index (χ1n) is 5.55. The molecule has 0 aliphatic rings. The second-order valence-electron chi connectivity index (χ2n) is 3.97. The Bertz CT molecular complexity index is 476. The van der Waals surface area contributed by atoms with Crippen LogP contribution in [0, 0.1) is 5.82 Å². The van der Waals surface area contributed by atoms with Crippen molar-refractivity contribution in [3.05, 3.63) is 35.8 Å². The molecule has 2 rings (SSSR count). The summed E-state index contributed by atoms with van der Waals surface area (Å²) in [6.45, 7) is 1.93. The molecule has 1 unspecified atom stereocenters. The highest BCUT2D eigenvalue weighted by atomic mass is 19.1. The fourth-order valence-electron chi connectivity index (χ4n) is 1.72. The van der Waals surface area contributed by atoms with Crippen LogP contribution in [0.5, 0.6) is 0 Å². The van der Waals surface area contributed by atoms with Crippen LogP contribution < -0.4 is 0 Å². The van der Waals surface area contributed by atoms with Crippen molar-refractivity contribution in [2.24, 2.45) is 0 Å². The maximum Gasteiger partial charge on any atom is 0.169 e. The summed E-state index contributed by atoms with van der Waals surface area (Å²) in [6.07, 6.45) is 1.72. The van der Waals surface area contributed by atoms with E-state index in [4.69, 9.17) is 4.42 Å². The molecule has 0 saturated heterocycles. The zero-order chi connectivity index (χ0) is 11.5. The Morgan fingerprint density at radius 2 is 2.25 bits per heavy atom. The molecule has 0 saturated carbocycles. The third-order valence-corrected chi connectivity index (χ3v) is 2.74. The fourth-order valence-corrected chi connectivity index (χ4v) is 1.72. The van der Waals surface area contributed by atoms with E-state index >= 15 is 0 Å². The lowest BCUT2D eigenvalue weighted by atomic mass is 10.1. The molecule has 0 aliphatic heterocycles. The van der Waals surface area contributed by atoms with Crippen molar-refractivity contribution < 1.29 is 13.9 Å². The van der Waals surface area contributed by atoms with Gasteiger partial charge in [0.1, 0.15) is 5.76 Å². The number of aryl methyl sites for hydroxylation is 1. The number of aliphatic hydroxyl groups excluding tert-OH is 1. The number of halogens is 1. The van der Waals surface area contributed by atoms with Gasteiger partial charge in [-0.15, -0.1) is 0 Å². The standard InChI is InChI=1S/C13H15FO2/c1-2-10(15)6-7-11-8-9-4-3-5-12(14)13(9)16-11/h3-5,8,10,15H,2,6-7H2,1H3.